The van der Waals surface area contributed by atoms with Crippen LogP contribution in [-0.4, -0.2) is 38.5 Å². The van der Waals surface area contributed by atoms with E-state index in [1.165, 1.54) is 6.07 Å². The lowest BCUT2D eigenvalue weighted by Gasteiger charge is -2.31. The van der Waals surface area contributed by atoms with Crippen LogP contribution < -0.4 is 5.73 Å². The molecule has 1 aliphatic rings. The minimum Gasteiger partial charge on any atom is -0.393 e. The molecule has 1 aliphatic carbocycles. The first kappa shape index (κ1) is 23.9. The van der Waals surface area contributed by atoms with Gasteiger partial charge >= 0.3 is 6.18 Å². The van der Waals surface area contributed by atoms with Gasteiger partial charge in [0.05, 0.1) is 29.4 Å². The number of nitrogens with two attached hydrogens (primary N) is 1. The fourth-order valence-electron chi connectivity index (χ4n) is 4.45. The van der Waals surface area contributed by atoms with Gasteiger partial charge in [0.2, 0.25) is 0 Å². The van der Waals surface area contributed by atoms with Crippen LogP contribution in [0.15, 0.2) is 42.6 Å². The van der Waals surface area contributed by atoms with Crippen molar-refractivity contribution in [2.24, 2.45) is 5.92 Å². The number of alkyl halides is 3. The Labute approximate surface area is 195 Å². The molecular formula is C25H27F3N4O2. The summed E-state index contributed by atoms with van der Waals surface area (Å²) in [5, 5.41) is 10.8. The van der Waals surface area contributed by atoms with Crippen molar-refractivity contribution in [1.29, 1.82) is 0 Å². The van der Waals surface area contributed by atoms with Crippen LogP contribution in [0.3, 0.4) is 0 Å². The number of aliphatic hydroxyl groups is 1. The SMILES string of the molecule is Cc1cc2cc(C(=O)N(Cc3ccc(C(F)(F)F)cn3)C[C@H]3CCC[C@H](O)C3)ccc2nc1N. The fourth-order valence-corrected chi connectivity index (χ4v) is 4.45. The van der Waals surface area contributed by atoms with Crippen molar-refractivity contribution in [3.05, 3.63) is 65.0 Å². The third-order valence-corrected chi connectivity index (χ3v) is 6.32. The van der Waals surface area contributed by atoms with Gasteiger partial charge in [-0.2, -0.15) is 13.2 Å². The maximum atomic E-state index is 13.5. The van der Waals surface area contributed by atoms with Gasteiger partial charge in [-0.3, -0.25) is 9.78 Å². The highest BCUT2D eigenvalue weighted by Gasteiger charge is 2.31. The number of carbonyl (C=O) groups excluding carboxylic acids is 1. The predicted molar refractivity (Wildman–Crippen MR) is 123 cm³/mol. The molecule has 1 saturated carbocycles. The first-order chi connectivity index (χ1) is 16.1. The molecule has 1 fully saturated rings. The number of halogens is 3. The largest absolute Gasteiger partial charge is 0.417 e. The van der Waals surface area contributed by atoms with Crippen LogP contribution in [0.1, 0.15) is 52.9 Å². The molecule has 0 unspecified atom stereocenters. The average molecular weight is 473 g/mol. The van der Waals surface area contributed by atoms with Crippen molar-refractivity contribution < 1.29 is 23.1 Å². The Balaban J connectivity index is 1.62. The third-order valence-electron chi connectivity index (χ3n) is 6.32. The van der Waals surface area contributed by atoms with Crippen molar-refractivity contribution >= 4 is 22.6 Å². The molecule has 0 bridgehead atoms. The molecule has 3 aromatic rings. The molecule has 2 aromatic heterocycles. The number of aliphatic hydroxyl groups excluding tert-OH is 1. The Morgan fingerprint density at radius 3 is 2.68 bits per heavy atom. The Morgan fingerprint density at radius 1 is 1.21 bits per heavy atom. The Morgan fingerprint density at radius 2 is 2.00 bits per heavy atom. The predicted octanol–water partition coefficient (Wildman–Crippen LogP) is 4.73. The van der Waals surface area contributed by atoms with E-state index in [4.69, 9.17) is 5.73 Å². The van der Waals surface area contributed by atoms with Crippen molar-refractivity contribution in [1.82, 2.24) is 14.9 Å². The van der Waals surface area contributed by atoms with Gasteiger partial charge in [-0.1, -0.05) is 6.42 Å². The van der Waals surface area contributed by atoms with Gasteiger partial charge in [-0.15, -0.1) is 0 Å². The number of hydrogen-bond acceptors (Lipinski definition) is 5. The van der Waals surface area contributed by atoms with Crippen molar-refractivity contribution in [3.63, 3.8) is 0 Å². The third kappa shape index (κ3) is 5.47. The van der Waals surface area contributed by atoms with E-state index in [0.717, 1.165) is 42.5 Å². The molecule has 0 radical (unpaired) electrons. The highest BCUT2D eigenvalue weighted by molar-refractivity contribution is 5.98. The van der Waals surface area contributed by atoms with E-state index in [1.807, 2.05) is 13.0 Å². The summed E-state index contributed by atoms with van der Waals surface area (Å²) in [4.78, 5) is 23.4. The molecule has 2 atom stereocenters. The lowest BCUT2D eigenvalue weighted by Crippen LogP contribution is -2.37. The zero-order valence-corrected chi connectivity index (χ0v) is 18.8. The number of fused-ring (bicyclic) bond motifs is 1. The van der Waals surface area contributed by atoms with Crippen LogP contribution in [-0.2, 0) is 12.7 Å². The zero-order chi connectivity index (χ0) is 24.5. The van der Waals surface area contributed by atoms with Crippen molar-refractivity contribution in [3.8, 4) is 0 Å². The lowest BCUT2D eigenvalue weighted by atomic mass is 9.87. The molecule has 180 valence electrons. The number of nitrogens with zero attached hydrogens (tertiary/aromatic N) is 3. The van der Waals surface area contributed by atoms with Gasteiger partial charge in [0.25, 0.3) is 5.91 Å². The molecule has 4 rings (SSSR count). The lowest BCUT2D eigenvalue weighted by molar-refractivity contribution is -0.137. The number of aryl methyl sites for hydroxylation is 1. The molecule has 34 heavy (non-hydrogen) atoms. The Kier molecular flexibility index (Phi) is 6.74. The molecule has 0 spiro atoms. The number of amides is 1. The van der Waals surface area contributed by atoms with Gasteiger partial charge in [0, 0.05) is 23.7 Å². The van der Waals surface area contributed by atoms with Crippen molar-refractivity contribution in [2.75, 3.05) is 12.3 Å². The Bertz CT molecular complexity index is 1180. The average Bonchev–Trinajstić information content (AvgIpc) is 2.78. The molecule has 0 saturated heterocycles. The Hall–Kier alpha value is -3.20. The molecule has 6 nitrogen and oxygen atoms in total. The highest BCUT2D eigenvalue weighted by Crippen LogP contribution is 2.29. The van der Waals surface area contributed by atoms with Crippen LogP contribution in [0.4, 0.5) is 19.0 Å². The number of nitrogen functional groups attached to an aromatic ring is 1. The van der Waals surface area contributed by atoms with E-state index in [9.17, 15) is 23.1 Å². The summed E-state index contributed by atoms with van der Waals surface area (Å²) in [6, 6.07) is 9.31. The first-order valence-corrected chi connectivity index (χ1v) is 11.3. The van der Waals surface area contributed by atoms with Crippen LogP contribution >= 0.6 is 0 Å². The summed E-state index contributed by atoms with van der Waals surface area (Å²) >= 11 is 0. The van der Waals surface area contributed by atoms with E-state index in [-0.39, 0.29) is 18.4 Å². The number of pyridine rings is 2. The number of hydrogen-bond donors (Lipinski definition) is 2. The molecule has 0 aliphatic heterocycles. The summed E-state index contributed by atoms with van der Waals surface area (Å²) in [5.74, 6) is 0.280. The maximum Gasteiger partial charge on any atom is 0.417 e. The normalized spacial score (nSPS) is 18.7. The van der Waals surface area contributed by atoms with Crippen LogP contribution in [0, 0.1) is 12.8 Å². The zero-order valence-electron chi connectivity index (χ0n) is 18.8. The van der Waals surface area contributed by atoms with Gasteiger partial charge in [0.1, 0.15) is 5.82 Å². The van der Waals surface area contributed by atoms with E-state index in [0.29, 0.717) is 35.6 Å². The fraction of sp³-hybridized carbons (Fsp3) is 0.400. The van der Waals surface area contributed by atoms with Crippen LogP contribution in [0.5, 0.6) is 0 Å². The number of carbonyl (C=O) groups is 1. The number of anilines is 1. The second kappa shape index (κ2) is 9.58. The molecule has 1 amide bonds. The van der Waals surface area contributed by atoms with E-state index in [1.54, 1.807) is 23.1 Å². The molecule has 1 aromatic carbocycles. The standard InChI is InChI=1S/C25H27F3N4O2/c1-15-9-18-11-17(5-8-22(18)31-23(15)29)24(34)32(13-16-3-2-4-21(33)10-16)14-20-7-6-19(12-30-20)25(26,27)28/h5-9,11-12,16,21,33H,2-4,10,13-14H2,1H3,(H2,29,31)/t16-,21-/m0/s1. The van der Waals surface area contributed by atoms with Gasteiger partial charge in [-0.05, 0) is 74.1 Å². The summed E-state index contributed by atoms with van der Waals surface area (Å²) < 4.78 is 38.8. The first-order valence-electron chi connectivity index (χ1n) is 11.3. The van der Waals surface area contributed by atoms with Gasteiger partial charge in [0.15, 0.2) is 0 Å². The number of rotatable bonds is 5. The number of benzene rings is 1. The molecule has 2 heterocycles. The van der Waals surface area contributed by atoms with Crippen LogP contribution in [0.25, 0.3) is 10.9 Å². The highest BCUT2D eigenvalue weighted by atomic mass is 19.4. The number of aromatic nitrogens is 2. The van der Waals surface area contributed by atoms with E-state index < -0.39 is 17.8 Å². The quantitative estimate of drug-likeness (QED) is 0.560. The summed E-state index contributed by atoms with van der Waals surface area (Å²) in [5.41, 5.74) is 7.34. The molecule has 9 heteroatoms. The molecule has 3 N–H and O–H groups in total. The minimum absolute atomic E-state index is 0.0701. The topological polar surface area (TPSA) is 92.3 Å². The van der Waals surface area contributed by atoms with Gasteiger partial charge < -0.3 is 15.7 Å². The monoisotopic (exact) mass is 472 g/mol. The van der Waals surface area contributed by atoms with E-state index >= 15 is 0 Å². The molecular weight excluding hydrogens is 445 g/mol. The van der Waals surface area contributed by atoms with Crippen molar-refractivity contribution in [2.45, 2.75) is 51.4 Å². The van der Waals surface area contributed by atoms with E-state index in [2.05, 4.69) is 9.97 Å². The van der Waals surface area contributed by atoms with Crippen LogP contribution in [0.2, 0.25) is 0 Å². The maximum absolute atomic E-state index is 13.5. The summed E-state index contributed by atoms with van der Waals surface area (Å²) in [6.45, 7) is 2.30. The minimum atomic E-state index is -4.47. The smallest absolute Gasteiger partial charge is 0.393 e. The van der Waals surface area contributed by atoms with Gasteiger partial charge in [-0.25, -0.2) is 4.98 Å². The summed E-state index contributed by atoms with van der Waals surface area (Å²) in [7, 11) is 0. The summed E-state index contributed by atoms with van der Waals surface area (Å²) in [6.07, 6.45) is -1.01. The second-order valence-corrected chi connectivity index (χ2v) is 9.01. The second-order valence-electron chi connectivity index (χ2n) is 9.01.